The van der Waals surface area contributed by atoms with E-state index in [0.717, 1.165) is 37.8 Å². The van der Waals surface area contributed by atoms with E-state index in [2.05, 4.69) is 41.7 Å². The van der Waals surface area contributed by atoms with E-state index in [4.69, 9.17) is 0 Å². The fourth-order valence-corrected chi connectivity index (χ4v) is 2.38. The van der Waals surface area contributed by atoms with Gasteiger partial charge in [-0.05, 0) is 33.7 Å². The van der Waals surface area contributed by atoms with Crippen molar-refractivity contribution in [2.45, 2.75) is 38.6 Å². The molecule has 3 nitrogen and oxygen atoms in total. The number of amides is 1. The van der Waals surface area contributed by atoms with Crippen molar-refractivity contribution >= 4 is 21.8 Å². The molecule has 1 aliphatic heterocycles. The van der Waals surface area contributed by atoms with Crippen LogP contribution >= 0.6 is 15.9 Å². The van der Waals surface area contributed by atoms with Gasteiger partial charge in [0.2, 0.25) is 5.91 Å². The summed E-state index contributed by atoms with van der Waals surface area (Å²) < 4.78 is 0. The summed E-state index contributed by atoms with van der Waals surface area (Å²) in [5, 5.41) is 0.995. The number of rotatable bonds is 4. The summed E-state index contributed by atoms with van der Waals surface area (Å²) >= 11 is 3.39. The fourth-order valence-electron chi connectivity index (χ4n) is 1.98. The van der Waals surface area contributed by atoms with Gasteiger partial charge in [0.25, 0.3) is 0 Å². The van der Waals surface area contributed by atoms with Gasteiger partial charge in [-0.25, -0.2) is 0 Å². The molecule has 1 amide bonds. The molecule has 0 spiro atoms. The van der Waals surface area contributed by atoms with Crippen molar-refractivity contribution in [3.05, 3.63) is 0 Å². The monoisotopic (exact) mass is 290 g/mol. The van der Waals surface area contributed by atoms with Gasteiger partial charge in [-0.15, -0.1) is 0 Å². The Morgan fingerprint density at radius 2 is 2.00 bits per heavy atom. The van der Waals surface area contributed by atoms with Crippen molar-refractivity contribution in [2.75, 3.05) is 32.0 Å². The van der Waals surface area contributed by atoms with Crippen molar-refractivity contribution in [2.24, 2.45) is 0 Å². The van der Waals surface area contributed by atoms with Crippen molar-refractivity contribution < 1.29 is 4.79 Å². The van der Waals surface area contributed by atoms with Crippen molar-refractivity contribution in [3.63, 3.8) is 0 Å². The van der Waals surface area contributed by atoms with Gasteiger partial charge >= 0.3 is 0 Å². The molecule has 1 fully saturated rings. The molecule has 0 aliphatic carbocycles. The van der Waals surface area contributed by atoms with Crippen LogP contribution in [0.1, 0.15) is 33.1 Å². The standard InChI is InChI=1S/C12H23BrN2O/c1-12(2)10-15(9-8-14(12)3)11(16)6-4-5-7-13/h4-10H2,1-3H3. The lowest BCUT2D eigenvalue weighted by atomic mass is 9.99. The minimum absolute atomic E-state index is 0.114. The second-order valence-corrected chi connectivity index (χ2v) is 5.99. The Bertz CT molecular complexity index is 243. The molecule has 0 bridgehead atoms. The lowest BCUT2D eigenvalue weighted by Gasteiger charge is -2.45. The molecule has 1 aliphatic rings. The van der Waals surface area contributed by atoms with E-state index < -0.39 is 0 Å². The van der Waals surface area contributed by atoms with E-state index in [0.29, 0.717) is 12.3 Å². The van der Waals surface area contributed by atoms with Crippen LogP contribution in [0.15, 0.2) is 0 Å². The zero-order valence-corrected chi connectivity index (χ0v) is 12.2. The van der Waals surface area contributed by atoms with Gasteiger partial charge in [0.15, 0.2) is 0 Å². The lowest BCUT2D eigenvalue weighted by Crippen LogP contribution is -2.58. The molecule has 1 heterocycles. The number of nitrogens with zero attached hydrogens (tertiary/aromatic N) is 2. The zero-order chi connectivity index (χ0) is 12.2. The molecular weight excluding hydrogens is 268 g/mol. The van der Waals surface area contributed by atoms with Crippen molar-refractivity contribution in [3.8, 4) is 0 Å². The second kappa shape index (κ2) is 6.01. The Morgan fingerprint density at radius 1 is 1.31 bits per heavy atom. The Morgan fingerprint density at radius 3 is 2.56 bits per heavy atom. The second-order valence-electron chi connectivity index (χ2n) is 5.20. The maximum Gasteiger partial charge on any atom is 0.222 e. The largest absolute Gasteiger partial charge is 0.340 e. The molecule has 0 unspecified atom stereocenters. The molecular formula is C12H23BrN2O. The SMILES string of the molecule is CN1CCN(C(=O)CCCCBr)CC1(C)C. The summed E-state index contributed by atoms with van der Waals surface area (Å²) in [5.74, 6) is 0.321. The lowest BCUT2D eigenvalue weighted by molar-refractivity contribution is -0.135. The topological polar surface area (TPSA) is 23.6 Å². The number of halogens is 1. The Balaban J connectivity index is 2.40. The van der Waals surface area contributed by atoms with Gasteiger partial charge in [0, 0.05) is 36.9 Å². The maximum absolute atomic E-state index is 12.0. The van der Waals surface area contributed by atoms with E-state index in [9.17, 15) is 4.79 Å². The first-order chi connectivity index (χ1) is 7.47. The number of hydrogen-bond acceptors (Lipinski definition) is 2. The number of unbranched alkanes of at least 4 members (excludes halogenated alkanes) is 1. The number of piperazine rings is 1. The highest BCUT2D eigenvalue weighted by Crippen LogP contribution is 2.19. The average molecular weight is 291 g/mol. The first kappa shape index (κ1) is 14.0. The van der Waals surface area contributed by atoms with Crippen LogP contribution in [0.4, 0.5) is 0 Å². The summed E-state index contributed by atoms with van der Waals surface area (Å²) in [4.78, 5) is 16.3. The predicted molar refractivity (Wildman–Crippen MR) is 70.9 cm³/mol. The zero-order valence-electron chi connectivity index (χ0n) is 10.6. The molecule has 0 aromatic heterocycles. The van der Waals surface area contributed by atoms with E-state index in [1.165, 1.54) is 0 Å². The van der Waals surface area contributed by atoms with Crippen LogP contribution in [-0.2, 0) is 4.79 Å². The van der Waals surface area contributed by atoms with Crippen molar-refractivity contribution in [1.29, 1.82) is 0 Å². The molecule has 94 valence electrons. The molecule has 16 heavy (non-hydrogen) atoms. The van der Waals surface area contributed by atoms with Gasteiger partial charge in [0.1, 0.15) is 0 Å². The first-order valence-electron chi connectivity index (χ1n) is 6.02. The number of alkyl halides is 1. The van der Waals surface area contributed by atoms with Crippen LogP contribution < -0.4 is 0 Å². The first-order valence-corrected chi connectivity index (χ1v) is 7.14. The van der Waals surface area contributed by atoms with Crippen LogP contribution in [0, 0.1) is 0 Å². The van der Waals surface area contributed by atoms with E-state index in [-0.39, 0.29) is 5.54 Å². The smallest absolute Gasteiger partial charge is 0.222 e. The third-order valence-corrected chi connectivity index (χ3v) is 4.00. The average Bonchev–Trinajstić information content (AvgIpc) is 2.22. The van der Waals surface area contributed by atoms with E-state index in [1.807, 2.05) is 4.90 Å². The molecule has 0 radical (unpaired) electrons. The summed E-state index contributed by atoms with van der Waals surface area (Å²) in [7, 11) is 2.13. The summed E-state index contributed by atoms with van der Waals surface area (Å²) in [5.41, 5.74) is 0.114. The van der Waals surface area contributed by atoms with E-state index >= 15 is 0 Å². The quantitative estimate of drug-likeness (QED) is 0.585. The molecule has 0 atom stereocenters. The van der Waals surface area contributed by atoms with Crippen LogP contribution in [0.3, 0.4) is 0 Å². The number of hydrogen-bond donors (Lipinski definition) is 0. The Labute approximate surface area is 107 Å². The highest BCUT2D eigenvalue weighted by atomic mass is 79.9. The molecule has 0 saturated carbocycles. The summed E-state index contributed by atoms with van der Waals surface area (Å²) in [6, 6.07) is 0. The van der Waals surface area contributed by atoms with Gasteiger partial charge in [-0.3, -0.25) is 9.69 Å². The van der Waals surface area contributed by atoms with Gasteiger partial charge in [-0.2, -0.15) is 0 Å². The normalized spacial score (nSPS) is 21.1. The molecule has 0 aromatic rings. The fraction of sp³-hybridized carbons (Fsp3) is 0.917. The van der Waals surface area contributed by atoms with Crippen LogP contribution in [-0.4, -0.2) is 53.3 Å². The molecule has 0 N–H and O–H groups in total. The molecule has 4 heteroatoms. The maximum atomic E-state index is 12.0. The predicted octanol–water partition coefficient (Wildman–Crippen LogP) is 2.10. The van der Waals surface area contributed by atoms with Gasteiger partial charge in [-0.1, -0.05) is 15.9 Å². The Kier molecular flexibility index (Phi) is 5.25. The minimum Gasteiger partial charge on any atom is -0.340 e. The number of carbonyl (C=O) groups is 1. The highest BCUT2D eigenvalue weighted by Gasteiger charge is 2.32. The third-order valence-electron chi connectivity index (χ3n) is 3.44. The Hall–Kier alpha value is -0.0900. The third kappa shape index (κ3) is 3.74. The summed E-state index contributed by atoms with van der Waals surface area (Å²) in [6.45, 7) is 7.12. The van der Waals surface area contributed by atoms with Crippen molar-refractivity contribution in [1.82, 2.24) is 9.80 Å². The highest BCUT2D eigenvalue weighted by molar-refractivity contribution is 9.09. The van der Waals surface area contributed by atoms with Crippen LogP contribution in [0.5, 0.6) is 0 Å². The molecule has 1 rings (SSSR count). The minimum atomic E-state index is 0.114. The molecule has 0 aromatic carbocycles. The van der Waals surface area contributed by atoms with Crippen LogP contribution in [0.2, 0.25) is 0 Å². The van der Waals surface area contributed by atoms with Gasteiger partial charge < -0.3 is 4.90 Å². The van der Waals surface area contributed by atoms with Crippen LogP contribution in [0.25, 0.3) is 0 Å². The van der Waals surface area contributed by atoms with Gasteiger partial charge in [0.05, 0.1) is 0 Å². The number of carbonyl (C=O) groups excluding carboxylic acids is 1. The molecule has 1 saturated heterocycles. The van der Waals surface area contributed by atoms with E-state index in [1.54, 1.807) is 0 Å². The number of likely N-dealkylation sites (N-methyl/N-ethyl adjacent to an activating group) is 1. The summed E-state index contributed by atoms with van der Waals surface area (Å²) in [6.07, 6.45) is 2.78.